The van der Waals surface area contributed by atoms with E-state index in [-0.39, 0.29) is 35.4 Å². The number of nitrogens with zero attached hydrogens (tertiary/aromatic N) is 6. The Bertz CT molecular complexity index is 1440. The minimum absolute atomic E-state index is 0.0455. The number of rotatable bonds is 4. The number of aromatic nitrogens is 3. The first-order valence-electron chi connectivity index (χ1n) is 18.5. The number of carbonyl (C=O) groups is 2. The van der Waals surface area contributed by atoms with Gasteiger partial charge in [-0.25, -0.2) is 18.3 Å². The highest BCUT2D eigenvalue weighted by molar-refractivity contribution is 6.04. The third kappa shape index (κ3) is 6.54. The molecule has 0 aromatic carbocycles. The van der Waals surface area contributed by atoms with Gasteiger partial charge in [0.1, 0.15) is 11.7 Å². The van der Waals surface area contributed by atoms with Crippen molar-refractivity contribution in [2.75, 3.05) is 45.5 Å². The largest absolute Gasteiger partial charge is 0.381 e. The summed E-state index contributed by atoms with van der Waals surface area (Å²) in [5.41, 5.74) is 5.96. The Hall–Kier alpha value is -2.90. The van der Waals surface area contributed by atoms with Crippen LogP contribution < -0.4 is 16.4 Å². The molecule has 5 unspecified atom stereocenters. The maximum absolute atomic E-state index is 16.4. The van der Waals surface area contributed by atoms with Crippen LogP contribution in [0.15, 0.2) is 12.4 Å². The van der Waals surface area contributed by atoms with Gasteiger partial charge in [-0.15, -0.1) is 5.10 Å². The summed E-state index contributed by atoms with van der Waals surface area (Å²) in [4.78, 5) is 38.8. The maximum atomic E-state index is 16.4. The molecule has 4 saturated heterocycles. The van der Waals surface area contributed by atoms with Crippen molar-refractivity contribution < 1.29 is 18.4 Å². The molecule has 5 fully saturated rings. The van der Waals surface area contributed by atoms with Crippen molar-refractivity contribution in [2.24, 2.45) is 5.92 Å². The maximum Gasteiger partial charge on any atom is 0.259 e. The lowest BCUT2D eigenvalue weighted by Crippen LogP contribution is -2.75. The molecule has 7 rings (SSSR count). The molecular weight excluding hydrogens is 616 g/mol. The van der Waals surface area contributed by atoms with E-state index < -0.39 is 35.5 Å². The van der Waals surface area contributed by atoms with Crippen molar-refractivity contribution in [1.29, 1.82) is 0 Å². The van der Waals surface area contributed by atoms with Crippen LogP contribution in [0.2, 0.25) is 0 Å². The number of nitrogens with two attached hydrogens (primary N) is 1. The molecule has 2 bridgehead atoms. The molecule has 5 atom stereocenters. The third-order valence-corrected chi connectivity index (χ3v) is 12.4. The fourth-order valence-corrected chi connectivity index (χ4v) is 9.64. The van der Waals surface area contributed by atoms with Crippen LogP contribution in [-0.4, -0.2) is 117 Å². The second-order valence-corrected chi connectivity index (χ2v) is 15.2. The molecule has 1 spiro atoms. The zero-order valence-electron chi connectivity index (χ0n) is 28.4. The minimum Gasteiger partial charge on any atom is -0.381 e. The zero-order chi connectivity index (χ0) is 33.4. The molecule has 6 heterocycles. The van der Waals surface area contributed by atoms with Gasteiger partial charge >= 0.3 is 0 Å². The van der Waals surface area contributed by atoms with E-state index in [0.717, 1.165) is 76.8 Å². The first kappa shape index (κ1) is 33.6. The lowest BCUT2D eigenvalue weighted by atomic mass is 9.72. The highest BCUT2D eigenvalue weighted by Gasteiger charge is 2.52. The zero-order valence-corrected chi connectivity index (χ0v) is 28.4. The van der Waals surface area contributed by atoms with E-state index in [2.05, 4.69) is 42.5 Å². The van der Waals surface area contributed by atoms with Crippen molar-refractivity contribution in [2.45, 2.75) is 126 Å². The number of alkyl halides is 1. The number of likely N-dealkylation sites (N-methyl/N-ethyl adjacent to an activating group) is 1. The molecule has 11 nitrogen and oxygen atoms in total. The predicted octanol–water partition coefficient (Wildman–Crippen LogP) is 3.53. The second kappa shape index (κ2) is 14.1. The molecular formula is C35H53F2N9O2. The van der Waals surface area contributed by atoms with Crippen molar-refractivity contribution in [1.82, 2.24) is 39.9 Å². The molecule has 2 aromatic heterocycles. The fraction of sp³-hybridized carbons (Fsp3) is 0.771. The van der Waals surface area contributed by atoms with Gasteiger partial charge < -0.3 is 21.3 Å². The van der Waals surface area contributed by atoms with E-state index in [1.54, 1.807) is 0 Å². The van der Waals surface area contributed by atoms with Crippen molar-refractivity contribution in [3.63, 3.8) is 0 Å². The molecule has 2 amide bonds. The topological polar surface area (TPSA) is 124 Å². The summed E-state index contributed by atoms with van der Waals surface area (Å²) in [7, 11) is 2.18. The standard InChI is InChI=1S/C35H53F2N9O2/c1-43-25-10-11-26(43)22-45(21-25)34(48)23-12-16-44(17-13-23)29-27(37)19-40-35(14-8-6-4-2-3-5-7-9-15-35)30(29)41-33(47)28-31(38)42-46-20-24(36)18-39-32(28)46/h18,20,23,25-27,29-30,40H,2-17,19,21-22H2,1H3,(H2,38,42)(H,41,47). The van der Waals surface area contributed by atoms with Crippen molar-refractivity contribution in [3.8, 4) is 0 Å². The fourth-order valence-electron chi connectivity index (χ4n) is 9.64. The van der Waals surface area contributed by atoms with Crippen LogP contribution in [0.1, 0.15) is 100 Å². The Morgan fingerprint density at radius 2 is 1.60 bits per heavy atom. The van der Waals surface area contributed by atoms with Gasteiger partial charge in [-0.05, 0) is 58.7 Å². The quantitative estimate of drug-likeness (QED) is 0.452. The molecule has 2 aromatic rings. The summed E-state index contributed by atoms with van der Waals surface area (Å²) in [6, 6.07) is -0.212. The number of fused-ring (bicyclic) bond motifs is 3. The summed E-state index contributed by atoms with van der Waals surface area (Å²) in [6.45, 7) is 3.03. The van der Waals surface area contributed by atoms with Crippen LogP contribution in [0, 0.1) is 11.7 Å². The van der Waals surface area contributed by atoms with Crippen LogP contribution in [0.25, 0.3) is 5.65 Å². The number of hydrogen-bond acceptors (Lipinski definition) is 8. The molecule has 0 radical (unpaired) electrons. The number of likely N-dealkylation sites (tertiary alicyclic amines) is 2. The van der Waals surface area contributed by atoms with E-state index in [1.165, 1.54) is 30.2 Å². The van der Waals surface area contributed by atoms with Gasteiger partial charge in [0.15, 0.2) is 17.3 Å². The lowest BCUT2D eigenvalue weighted by Gasteiger charge is -2.54. The summed E-state index contributed by atoms with van der Waals surface area (Å²) in [6.07, 6.45) is 15.3. The van der Waals surface area contributed by atoms with Crippen molar-refractivity contribution in [3.05, 3.63) is 23.8 Å². The van der Waals surface area contributed by atoms with Crippen LogP contribution in [0.5, 0.6) is 0 Å². The average molecular weight is 670 g/mol. The summed E-state index contributed by atoms with van der Waals surface area (Å²) in [5, 5.41) is 11.1. The van der Waals surface area contributed by atoms with Gasteiger partial charge in [0.05, 0.1) is 24.5 Å². The van der Waals surface area contributed by atoms with Crippen LogP contribution in [0.4, 0.5) is 14.6 Å². The number of nitrogen functional groups attached to an aromatic ring is 1. The monoisotopic (exact) mass is 669 g/mol. The number of piperidine rings is 2. The summed E-state index contributed by atoms with van der Waals surface area (Å²) < 4.78 is 31.6. The molecule has 48 heavy (non-hydrogen) atoms. The second-order valence-electron chi connectivity index (χ2n) is 15.2. The van der Waals surface area contributed by atoms with E-state index in [4.69, 9.17) is 5.73 Å². The van der Waals surface area contributed by atoms with Gasteiger partial charge in [0.2, 0.25) is 5.91 Å². The Balaban J connectivity index is 1.14. The number of amides is 2. The summed E-state index contributed by atoms with van der Waals surface area (Å²) >= 11 is 0. The number of carbonyl (C=O) groups excluding carboxylic acids is 2. The number of piperazine rings is 1. The van der Waals surface area contributed by atoms with E-state index in [0.29, 0.717) is 38.0 Å². The molecule has 1 saturated carbocycles. The molecule has 5 aliphatic rings. The molecule has 1 aliphatic carbocycles. The number of halogens is 2. The van der Waals surface area contributed by atoms with Crippen LogP contribution in [0.3, 0.4) is 0 Å². The van der Waals surface area contributed by atoms with E-state index >= 15 is 4.39 Å². The average Bonchev–Trinajstić information content (AvgIpc) is 3.46. The van der Waals surface area contributed by atoms with Gasteiger partial charge in [-0.3, -0.25) is 19.4 Å². The Kier molecular flexibility index (Phi) is 9.90. The minimum atomic E-state index is -1.21. The smallest absolute Gasteiger partial charge is 0.259 e. The Morgan fingerprint density at radius 1 is 0.979 bits per heavy atom. The lowest BCUT2D eigenvalue weighted by molar-refractivity contribution is -0.140. The number of anilines is 1. The number of nitrogens with one attached hydrogen (secondary N) is 2. The van der Waals surface area contributed by atoms with E-state index in [1.807, 2.05) is 0 Å². The molecule has 264 valence electrons. The van der Waals surface area contributed by atoms with Crippen LogP contribution in [-0.2, 0) is 4.79 Å². The molecule has 4 N–H and O–H groups in total. The first-order valence-corrected chi connectivity index (χ1v) is 18.5. The third-order valence-electron chi connectivity index (χ3n) is 12.4. The SMILES string of the molecule is CN1C2CCC1CN(C(=O)C1CCN(C3C(F)CNC4(CCCCCCCCCC4)C3NC(=O)c3c(N)nn4cc(F)cnc34)CC1)C2. The Morgan fingerprint density at radius 3 is 2.25 bits per heavy atom. The molecule has 4 aliphatic heterocycles. The highest BCUT2D eigenvalue weighted by atomic mass is 19.1. The van der Waals surface area contributed by atoms with Crippen molar-refractivity contribution >= 4 is 23.3 Å². The highest BCUT2D eigenvalue weighted by Crippen LogP contribution is 2.38. The molecule has 13 heteroatoms. The van der Waals surface area contributed by atoms with Gasteiger partial charge in [0, 0.05) is 43.2 Å². The number of hydrogen-bond donors (Lipinski definition) is 3. The summed E-state index contributed by atoms with van der Waals surface area (Å²) in [5.74, 6) is -0.925. The predicted molar refractivity (Wildman–Crippen MR) is 180 cm³/mol. The Labute approximate surface area is 282 Å². The van der Waals surface area contributed by atoms with Gasteiger partial charge in [0.25, 0.3) is 5.91 Å². The van der Waals surface area contributed by atoms with Gasteiger partial charge in [-0.1, -0.05) is 51.4 Å². The van der Waals surface area contributed by atoms with Gasteiger partial charge in [-0.2, -0.15) is 0 Å². The normalized spacial score (nSPS) is 31.1. The van der Waals surface area contributed by atoms with Crippen LogP contribution >= 0.6 is 0 Å². The van der Waals surface area contributed by atoms with E-state index in [9.17, 15) is 14.0 Å². The first-order chi connectivity index (χ1) is 23.2.